The predicted octanol–water partition coefficient (Wildman–Crippen LogP) is 0.411. The van der Waals surface area contributed by atoms with Gasteiger partial charge in [0.1, 0.15) is 6.04 Å². The van der Waals surface area contributed by atoms with Crippen LogP contribution in [0.2, 0.25) is 0 Å². The SMILES string of the molecule is CC1C[C@@H](C(=O)O)N(C)C1. The van der Waals surface area contributed by atoms with E-state index in [2.05, 4.69) is 6.92 Å². The summed E-state index contributed by atoms with van der Waals surface area (Å²) in [6.45, 7) is 3.00. The van der Waals surface area contributed by atoms with Crippen LogP contribution in [0.4, 0.5) is 0 Å². The van der Waals surface area contributed by atoms with Gasteiger partial charge in [0.2, 0.25) is 0 Å². The molecule has 1 N–H and O–H groups in total. The topological polar surface area (TPSA) is 40.5 Å². The minimum Gasteiger partial charge on any atom is -0.480 e. The molecule has 1 unspecified atom stereocenters. The van der Waals surface area contributed by atoms with Crippen LogP contribution in [0.1, 0.15) is 13.3 Å². The van der Waals surface area contributed by atoms with Crippen LogP contribution >= 0.6 is 0 Å². The summed E-state index contributed by atoms with van der Waals surface area (Å²) in [5.41, 5.74) is 0. The Morgan fingerprint density at radius 3 is 2.50 bits per heavy atom. The normalized spacial score (nSPS) is 34.6. The molecule has 0 spiro atoms. The lowest BCUT2D eigenvalue weighted by Crippen LogP contribution is -2.32. The van der Waals surface area contributed by atoms with Crippen LogP contribution in [-0.4, -0.2) is 35.6 Å². The first-order valence-corrected chi connectivity index (χ1v) is 3.54. The molecular formula is C7H13NO2. The maximum Gasteiger partial charge on any atom is 0.320 e. The minimum absolute atomic E-state index is 0.241. The zero-order valence-corrected chi connectivity index (χ0v) is 6.37. The molecule has 0 saturated carbocycles. The van der Waals surface area contributed by atoms with Crippen molar-refractivity contribution in [2.45, 2.75) is 19.4 Å². The number of nitrogens with zero attached hydrogens (tertiary/aromatic N) is 1. The van der Waals surface area contributed by atoms with E-state index in [1.54, 1.807) is 0 Å². The fourth-order valence-corrected chi connectivity index (χ4v) is 1.54. The second-order valence-electron chi connectivity index (χ2n) is 3.13. The molecule has 58 valence electrons. The summed E-state index contributed by atoms with van der Waals surface area (Å²) in [5.74, 6) is -0.155. The van der Waals surface area contributed by atoms with Crippen LogP contribution in [-0.2, 0) is 4.79 Å². The van der Waals surface area contributed by atoms with E-state index in [1.807, 2.05) is 11.9 Å². The Bertz CT molecular complexity index is 147. The molecule has 1 heterocycles. The molecular weight excluding hydrogens is 130 g/mol. The molecule has 1 rings (SSSR count). The van der Waals surface area contributed by atoms with Gasteiger partial charge in [0, 0.05) is 6.54 Å². The van der Waals surface area contributed by atoms with Gasteiger partial charge in [-0.25, -0.2) is 0 Å². The van der Waals surface area contributed by atoms with E-state index in [9.17, 15) is 4.79 Å². The molecule has 1 aliphatic heterocycles. The molecule has 3 heteroatoms. The van der Waals surface area contributed by atoms with Crippen molar-refractivity contribution in [3.63, 3.8) is 0 Å². The zero-order valence-electron chi connectivity index (χ0n) is 6.37. The van der Waals surface area contributed by atoms with E-state index in [1.165, 1.54) is 0 Å². The van der Waals surface area contributed by atoms with E-state index >= 15 is 0 Å². The standard InChI is InChI=1S/C7H13NO2/c1-5-3-6(7(9)10)8(2)4-5/h5-6H,3-4H2,1-2H3,(H,9,10)/t5?,6-/m0/s1. The number of likely N-dealkylation sites (tertiary alicyclic amines) is 1. The lowest BCUT2D eigenvalue weighted by atomic mass is 10.1. The Morgan fingerprint density at radius 1 is 1.70 bits per heavy atom. The van der Waals surface area contributed by atoms with E-state index < -0.39 is 5.97 Å². The number of rotatable bonds is 1. The van der Waals surface area contributed by atoms with Crippen molar-refractivity contribution in [2.75, 3.05) is 13.6 Å². The van der Waals surface area contributed by atoms with E-state index in [4.69, 9.17) is 5.11 Å². The molecule has 0 aliphatic carbocycles. The first-order valence-electron chi connectivity index (χ1n) is 3.54. The van der Waals surface area contributed by atoms with Gasteiger partial charge in [0.15, 0.2) is 0 Å². The van der Waals surface area contributed by atoms with Crippen LogP contribution < -0.4 is 0 Å². The van der Waals surface area contributed by atoms with Gasteiger partial charge in [-0.15, -0.1) is 0 Å². The van der Waals surface area contributed by atoms with E-state index in [0.29, 0.717) is 5.92 Å². The van der Waals surface area contributed by atoms with Gasteiger partial charge >= 0.3 is 5.97 Å². The van der Waals surface area contributed by atoms with Crippen LogP contribution in [0.5, 0.6) is 0 Å². The molecule has 3 nitrogen and oxygen atoms in total. The maximum absolute atomic E-state index is 10.5. The largest absolute Gasteiger partial charge is 0.480 e. The van der Waals surface area contributed by atoms with Crippen LogP contribution in [0.25, 0.3) is 0 Å². The number of likely N-dealkylation sites (N-methyl/N-ethyl adjacent to an activating group) is 1. The van der Waals surface area contributed by atoms with Crippen LogP contribution in [0.15, 0.2) is 0 Å². The number of hydrogen-bond donors (Lipinski definition) is 1. The summed E-state index contributed by atoms with van der Waals surface area (Å²) in [5, 5.41) is 8.66. The summed E-state index contributed by atoms with van der Waals surface area (Å²) in [4.78, 5) is 12.4. The molecule has 2 atom stereocenters. The minimum atomic E-state index is -0.688. The summed E-state index contributed by atoms with van der Waals surface area (Å²) in [6, 6.07) is -0.241. The lowest BCUT2D eigenvalue weighted by Gasteiger charge is -2.13. The van der Waals surface area contributed by atoms with Gasteiger partial charge in [-0.2, -0.15) is 0 Å². The third-order valence-electron chi connectivity index (χ3n) is 2.04. The van der Waals surface area contributed by atoms with Crippen molar-refractivity contribution in [3.8, 4) is 0 Å². The van der Waals surface area contributed by atoms with Crippen molar-refractivity contribution >= 4 is 5.97 Å². The van der Waals surface area contributed by atoms with Crippen molar-refractivity contribution in [1.29, 1.82) is 0 Å². The first-order chi connectivity index (χ1) is 4.61. The second kappa shape index (κ2) is 2.58. The molecule has 10 heavy (non-hydrogen) atoms. The average molecular weight is 143 g/mol. The Morgan fingerprint density at radius 2 is 2.30 bits per heavy atom. The highest BCUT2D eigenvalue weighted by atomic mass is 16.4. The molecule has 0 aromatic carbocycles. The summed E-state index contributed by atoms with van der Waals surface area (Å²) < 4.78 is 0. The molecule has 0 aromatic heterocycles. The fourth-order valence-electron chi connectivity index (χ4n) is 1.54. The molecule has 0 bridgehead atoms. The van der Waals surface area contributed by atoms with Gasteiger partial charge in [0.05, 0.1) is 0 Å². The lowest BCUT2D eigenvalue weighted by molar-refractivity contribution is -0.141. The Labute approximate surface area is 60.6 Å². The molecule has 0 amide bonds. The maximum atomic E-state index is 10.5. The number of aliphatic carboxylic acids is 1. The summed E-state index contributed by atoms with van der Waals surface area (Å²) in [7, 11) is 1.86. The average Bonchev–Trinajstić information content (AvgIpc) is 2.10. The fraction of sp³-hybridized carbons (Fsp3) is 0.857. The van der Waals surface area contributed by atoms with Crippen molar-refractivity contribution in [1.82, 2.24) is 4.90 Å². The van der Waals surface area contributed by atoms with Crippen molar-refractivity contribution < 1.29 is 9.90 Å². The smallest absolute Gasteiger partial charge is 0.320 e. The number of carboxylic acids is 1. The number of carbonyl (C=O) groups is 1. The van der Waals surface area contributed by atoms with E-state index in [0.717, 1.165) is 13.0 Å². The van der Waals surface area contributed by atoms with Gasteiger partial charge in [-0.05, 0) is 19.4 Å². The van der Waals surface area contributed by atoms with Gasteiger partial charge in [-0.1, -0.05) is 6.92 Å². The highest BCUT2D eigenvalue weighted by Gasteiger charge is 2.31. The highest BCUT2D eigenvalue weighted by Crippen LogP contribution is 2.20. The molecule has 0 aromatic rings. The van der Waals surface area contributed by atoms with Crippen LogP contribution in [0, 0.1) is 5.92 Å². The third-order valence-corrected chi connectivity index (χ3v) is 2.04. The Kier molecular flexibility index (Phi) is 1.94. The molecule has 1 saturated heterocycles. The number of hydrogen-bond acceptors (Lipinski definition) is 2. The quantitative estimate of drug-likeness (QED) is 0.578. The predicted molar refractivity (Wildman–Crippen MR) is 37.8 cm³/mol. The van der Waals surface area contributed by atoms with Gasteiger partial charge < -0.3 is 5.11 Å². The Balaban J connectivity index is 2.54. The monoisotopic (exact) mass is 143 g/mol. The third kappa shape index (κ3) is 1.29. The molecule has 1 fully saturated rings. The van der Waals surface area contributed by atoms with Gasteiger partial charge in [0.25, 0.3) is 0 Å². The highest BCUT2D eigenvalue weighted by molar-refractivity contribution is 5.73. The van der Waals surface area contributed by atoms with Crippen LogP contribution in [0.3, 0.4) is 0 Å². The summed E-state index contributed by atoms with van der Waals surface area (Å²) in [6.07, 6.45) is 0.797. The van der Waals surface area contributed by atoms with Gasteiger partial charge in [-0.3, -0.25) is 9.69 Å². The summed E-state index contributed by atoms with van der Waals surface area (Å²) >= 11 is 0. The first kappa shape index (κ1) is 7.54. The second-order valence-corrected chi connectivity index (χ2v) is 3.13. The Hall–Kier alpha value is -0.570. The molecule has 1 aliphatic rings. The molecule has 0 radical (unpaired) electrons. The zero-order chi connectivity index (χ0) is 7.72. The van der Waals surface area contributed by atoms with Crippen molar-refractivity contribution in [3.05, 3.63) is 0 Å². The van der Waals surface area contributed by atoms with Crippen molar-refractivity contribution in [2.24, 2.45) is 5.92 Å². The van der Waals surface area contributed by atoms with E-state index in [-0.39, 0.29) is 6.04 Å². The number of carboxylic acid groups (broad SMARTS) is 1.